The molecule has 0 saturated carbocycles. The highest BCUT2D eigenvalue weighted by Crippen LogP contribution is 2.26. The first-order valence-corrected chi connectivity index (χ1v) is 8.10. The number of carbonyl (C=O) groups is 1. The van der Waals surface area contributed by atoms with E-state index >= 15 is 0 Å². The van der Waals surface area contributed by atoms with E-state index in [4.69, 9.17) is 9.26 Å². The predicted octanol–water partition coefficient (Wildman–Crippen LogP) is 3.75. The van der Waals surface area contributed by atoms with Gasteiger partial charge in [0.1, 0.15) is 0 Å². The third-order valence-electron chi connectivity index (χ3n) is 3.15. The van der Waals surface area contributed by atoms with Crippen LogP contribution in [0.15, 0.2) is 16.7 Å². The van der Waals surface area contributed by atoms with Gasteiger partial charge in [-0.1, -0.05) is 25.9 Å². The summed E-state index contributed by atoms with van der Waals surface area (Å²) >= 11 is 0. The third kappa shape index (κ3) is 5.14. The first-order valence-electron chi connectivity index (χ1n) is 8.10. The number of ether oxygens (including phenoxy) is 1. The molecule has 1 heterocycles. The minimum Gasteiger partial charge on any atom is -0.485 e. The number of aromatic nitrogens is 2. The van der Waals surface area contributed by atoms with Gasteiger partial charge in [0.2, 0.25) is 5.89 Å². The molecule has 0 spiro atoms. The van der Waals surface area contributed by atoms with Crippen molar-refractivity contribution in [3.05, 3.63) is 35.5 Å². The molecular formula is C17H22F2N4O3. The van der Waals surface area contributed by atoms with E-state index in [1.807, 2.05) is 20.8 Å². The SMILES string of the molecule is CC(C)Oc1c(F)cc(NC(=O)NCc2nc(C(C)(C)C)no2)cc1F. The zero-order valence-corrected chi connectivity index (χ0v) is 15.3. The Hall–Kier alpha value is -2.71. The molecule has 26 heavy (non-hydrogen) atoms. The van der Waals surface area contributed by atoms with Crippen molar-refractivity contribution in [3.8, 4) is 5.75 Å². The van der Waals surface area contributed by atoms with Crippen LogP contribution in [0.25, 0.3) is 0 Å². The summed E-state index contributed by atoms with van der Waals surface area (Å²) in [5.74, 6) is -1.55. The number of rotatable bonds is 5. The monoisotopic (exact) mass is 368 g/mol. The lowest BCUT2D eigenvalue weighted by Gasteiger charge is -2.13. The molecule has 0 unspecified atom stereocenters. The van der Waals surface area contributed by atoms with Gasteiger partial charge in [0.05, 0.1) is 12.6 Å². The van der Waals surface area contributed by atoms with E-state index in [1.165, 1.54) is 0 Å². The summed E-state index contributed by atoms with van der Waals surface area (Å²) < 4.78 is 37.9. The maximum absolute atomic E-state index is 13.9. The number of nitrogens with zero attached hydrogens (tertiary/aromatic N) is 2. The van der Waals surface area contributed by atoms with Gasteiger partial charge in [-0.3, -0.25) is 0 Å². The lowest BCUT2D eigenvalue weighted by Crippen LogP contribution is -2.28. The van der Waals surface area contributed by atoms with Gasteiger partial charge >= 0.3 is 6.03 Å². The fraction of sp³-hybridized carbons (Fsp3) is 0.471. The Balaban J connectivity index is 1.96. The first-order chi connectivity index (χ1) is 12.1. The normalized spacial score (nSPS) is 11.5. The van der Waals surface area contributed by atoms with Crippen LogP contribution < -0.4 is 15.4 Å². The Morgan fingerprint density at radius 2 is 1.88 bits per heavy atom. The van der Waals surface area contributed by atoms with Crippen LogP contribution in [0.2, 0.25) is 0 Å². The molecule has 0 aliphatic rings. The highest BCUT2D eigenvalue weighted by Gasteiger charge is 2.21. The molecule has 2 N–H and O–H groups in total. The first kappa shape index (κ1) is 19.6. The standard InChI is InChI=1S/C17H22F2N4O3/c1-9(2)25-14-11(18)6-10(7-12(14)19)21-16(24)20-8-13-22-15(23-26-13)17(3,4)5/h6-7,9H,8H2,1-5H3,(H2,20,21,24). The molecule has 2 aromatic rings. The fourth-order valence-electron chi connectivity index (χ4n) is 1.94. The van der Waals surface area contributed by atoms with E-state index < -0.39 is 23.4 Å². The number of benzene rings is 1. The smallest absolute Gasteiger partial charge is 0.319 e. The van der Waals surface area contributed by atoms with Crippen molar-refractivity contribution in [3.63, 3.8) is 0 Å². The van der Waals surface area contributed by atoms with Crippen LogP contribution >= 0.6 is 0 Å². The molecule has 0 saturated heterocycles. The van der Waals surface area contributed by atoms with Crippen LogP contribution in [0.4, 0.5) is 19.3 Å². The molecule has 7 nitrogen and oxygen atoms in total. The van der Waals surface area contributed by atoms with Gasteiger partial charge in [-0.2, -0.15) is 4.98 Å². The summed E-state index contributed by atoms with van der Waals surface area (Å²) in [6.07, 6.45) is -0.381. The lowest BCUT2D eigenvalue weighted by atomic mass is 9.96. The van der Waals surface area contributed by atoms with Gasteiger partial charge in [-0.25, -0.2) is 13.6 Å². The molecule has 0 radical (unpaired) electrons. The van der Waals surface area contributed by atoms with E-state index in [0.29, 0.717) is 5.82 Å². The average Bonchev–Trinajstić information content (AvgIpc) is 2.98. The summed E-state index contributed by atoms with van der Waals surface area (Å²) in [6, 6.07) is 1.28. The Labute approximate surface area is 150 Å². The second-order valence-corrected chi connectivity index (χ2v) is 7.01. The van der Waals surface area contributed by atoms with Gasteiger partial charge in [-0.15, -0.1) is 0 Å². The molecule has 0 fully saturated rings. The van der Waals surface area contributed by atoms with Crippen molar-refractivity contribution < 1.29 is 22.8 Å². The van der Waals surface area contributed by atoms with Crippen LogP contribution in [0.3, 0.4) is 0 Å². The Kier molecular flexibility index (Phi) is 5.79. The minimum atomic E-state index is -0.902. The number of halogens is 2. The molecule has 1 aromatic heterocycles. The van der Waals surface area contributed by atoms with Crippen molar-refractivity contribution in [1.82, 2.24) is 15.5 Å². The molecule has 9 heteroatoms. The molecular weight excluding hydrogens is 346 g/mol. The number of hydrogen-bond acceptors (Lipinski definition) is 5. The largest absolute Gasteiger partial charge is 0.485 e. The van der Waals surface area contributed by atoms with Crippen molar-refractivity contribution in [2.24, 2.45) is 0 Å². The zero-order chi connectivity index (χ0) is 19.5. The number of hydrogen-bond donors (Lipinski definition) is 2. The summed E-state index contributed by atoms with van der Waals surface area (Å²) in [7, 11) is 0. The maximum atomic E-state index is 13.9. The topological polar surface area (TPSA) is 89.3 Å². The van der Waals surface area contributed by atoms with Gasteiger partial charge in [0, 0.05) is 23.2 Å². The second kappa shape index (κ2) is 7.67. The lowest BCUT2D eigenvalue weighted by molar-refractivity contribution is 0.219. The Bertz CT molecular complexity index is 762. The summed E-state index contributed by atoms with van der Waals surface area (Å²) in [5, 5.41) is 8.65. The Morgan fingerprint density at radius 3 is 2.38 bits per heavy atom. The molecule has 0 bridgehead atoms. The van der Waals surface area contributed by atoms with E-state index in [0.717, 1.165) is 12.1 Å². The molecule has 2 rings (SSSR count). The Morgan fingerprint density at radius 1 is 1.27 bits per heavy atom. The predicted molar refractivity (Wildman–Crippen MR) is 91.0 cm³/mol. The highest BCUT2D eigenvalue weighted by molar-refractivity contribution is 5.89. The quantitative estimate of drug-likeness (QED) is 0.839. The van der Waals surface area contributed by atoms with Gasteiger partial charge in [-0.05, 0) is 13.8 Å². The van der Waals surface area contributed by atoms with Crippen molar-refractivity contribution in [2.45, 2.75) is 52.7 Å². The maximum Gasteiger partial charge on any atom is 0.319 e. The van der Waals surface area contributed by atoms with Crippen LogP contribution in [0.5, 0.6) is 5.75 Å². The zero-order valence-electron chi connectivity index (χ0n) is 15.3. The van der Waals surface area contributed by atoms with Gasteiger partial charge in [0.25, 0.3) is 0 Å². The number of urea groups is 1. The number of anilines is 1. The van der Waals surface area contributed by atoms with E-state index in [-0.39, 0.29) is 29.6 Å². The summed E-state index contributed by atoms with van der Waals surface area (Å²) in [4.78, 5) is 16.1. The molecule has 0 atom stereocenters. The fourth-order valence-corrected chi connectivity index (χ4v) is 1.94. The highest BCUT2D eigenvalue weighted by atomic mass is 19.1. The molecule has 1 aromatic carbocycles. The molecule has 0 aliphatic heterocycles. The average molecular weight is 368 g/mol. The van der Waals surface area contributed by atoms with E-state index in [1.54, 1.807) is 13.8 Å². The van der Waals surface area contributed by atoms with Crippen LogP contribution in [-0.4, -0.2) is 22.3 Å². The summed E-state index contributed by atoms with van der Waals surface area (Å²) in [5.41, 5.74) is -0.326. The third-order valence-corrected chi connectivity index (χ3v) is 3.15. The molecule has 2 amide bonds. The number of nitrogens with one attached hydrogen (secondary N) is 2. The van der Waals surface area contributed by atoms with Gasteiger partial charge < -0.3 is 19.9 Å². The molecule has 0 aliphatic carbocycles. The van der Waals surface area contributed by atoms with Crippen LogP contribution in [0, 0.1) is 11.6 Å². The van der Waals surface area contributed by atoms with E-state index in [2.05, 4.69) is 20.8 Å². The second-order valence-electron chi connectivity index (χ2n) is 7.01. The van der Waals surface area contributed by atoms with Crippen molar-refractivity contribution in [2.75, 3.05) is 5.32 Å². The van der Waals surface area contributed by atoms with E-state index in [9.17, 15) is 13.6 Å². The van der Waals surface area contributed by atoms with Crippen molar-refractivity contribution in [1.29, 1.82) is 0 Å². The van der Waals surface area contributed by atoms with Crippen LogP contribution in [0.1, 0.15) is 46.3 Å². The molecule has 142 valence electrons. The number of carbonyl (C=O) groups excluding carboxylic acids is 1. The van der Waals surface area contributed by atoms with Gasteiger partial charge in [0.15, 0.2) is 23.2 Å². The minimum absolute atomic E-state index is 0.0194. The van der Waals surface area contributed by atoms with Crippen molar-refractivity contribution >= 4 is 11.7 Å². The number of amides is 2. The van der Waals surface area contributed by atoms with Crippen LogP contribution in [-0.2, 0) is 12.0 Å². The summed E-state index contributed by atoms with van der Waals surface area (Å²) in [6.45, 7) is 9.07.